The number of anilines is 2. The predicted molar refractivity (Wildman–Crippen MR) is 80.7 cm³/mol. The highest BCUT2D eigenvalue weighted by molar-refractivity contribution is 5.85. The first kappa shape index (κ1) is 15.3. The summed E-state index contributed by atoms with van der Waals surface area (Å²) in [5.41, 5.74) is 0. The van der Waals surface area contributed by atoms with Gasteiger partial charge in [-0.25, -0.2) is 0 Å². The van der Waals surface area contributed by atoms with Crippen LogP contribution >= 0.6 is 12.4 Å². The molecular formula is C13H22ClN5O. The van der Waals surface area contributed by atoms with Gasteiger partial charge in [-0.05, 0) is 19.3 Å². The van der Waals surface area contributed by atoms with Gasteiger partial charge in [-0.1, -0.05) is 6.92 Å². The third-order valence-electron chi connectivity index (χ3n) is 3.35. The minimum Gasteiger partial charge on any atom is -0.378 e. The minimum atomic E-state index is 0. The largest absolute Gasteiger partial charge is 0.378 e. The van der Waals surface area contributed by atoms with Crippen LogP contribution in [-0.2, 0) is 11.2 Å². The fourth-order valence-corrected chi connectivity index (χ4v) is 2.12. The van der Waals surface area contributed by atoms with Crippen LogP contribution < -0.4 is 10.2 Å². The Labute approximate surface area is 125 Å². The van der Waals surface area contributed by atoms with Crippen molar-refractivity contribution in [3.05, 3.63) is 5.82 Å². The number of nitrogens with zero attached hydrogens (tertiary/aromatic N) is 4. The Balaban J connectivity index is 0.00000147. The molecule has 0 unspecified atom stereocenters. The van der Waals surface area contributed by atoms with Crippen molar-refractivity contribution >= 4 is 24.3 Å². The van der Waals surface area contributed by atoms with Crippen molar-refractivity contribution in [1.82, 2.24) is 15.0 Å². The lowest BCUT2D eigenvalue weighted by Gasteiger charge is -2.27. The van der Waals surface area contributed by atoms with Crippen LogP contribution in [0.4, 0.5) is 11.9 Å². The summed E-state index contributed by atoms with van der Waals surface area (Å²) < 4.78 is 5.38. The monoisotopic (exact) mass is 299 g/mol. The summed E-state index contributed by atoms with van der Waals surface area (Å²) >= 11 is 0. The minimum absolute atomic E-state index is 0. The molecule has 112 valence electrons. The molecule has 1 aromatic rings. The van der Waals surface area contributed by atoms with E-state index < -0.39 is 0 Å². The number of rotatable bonds is 5. The molecule has 0 radical (unpaired) electrons. The molecule has 0 spiro atoms. The molecule has 1 saturated heterocycles. The van der Waals surface area contributed by atoms with Gasteiger partial charge >= 0.3 is 0 Å². The number of halogens is 1. The first-order valence-corrected chi connectivity index (χ1v) is 7.19. The van der Waals surface area contributed by atoms with E-state index in [4.69, 9.17) is 4.74 Å². The molecule has 2 heterocycles. The van der Waals surface area contributed by atoms with Gasteiger partial charge < -0.3 is 15.0 Å². The Kier molecular flexibility index (Phi) is 5.37. The van der Waals surface area contributed by atoms with Crippen LogP contribution in [0.15, 0.2) is 0 Å². The smallest absolute Gasteiger partial charge is 0.230 e. The van der Waals surface area contributed by atoms with Crippen molar-refractivity contribution < 1.29 is 4.74 Å². The van der Waals surface area contributed by atoms with Crippen molar-refractivity contribution in [3.8, 4) is 0 Å². The highest BCUT2D eigenvalue weighted by Gasteiger charge is 2.23. The average molecular weight is 300 g/mol. The van der Waals surface area contributed by atoms with Crippen LogP contribution in [0.25, 0.3) is 0 Å². The summed E-state index contributed by atoms with van der Waals surface area (Å²) in [6, 6.07) is 0.564. The number of aromatic nitrogens is 3. The van der Waals surface area contributed by atoms with Gasteiger partial charge in [0.05, 0.1) is 13.2 Å². The van der Waals surface area contributed by atoms with Gasteiger partial charge in [-0.3, -0.25) is 0 Å². The van der Waals surface area contributed by atoms with Gasteiger partial charge in [0.1, 0.15) is 5.82 Å². The third kappa shape index (κ3) is 3.93. The molecule has 0 amide bonds. The summed E-state index contributed by atoms with van der Waals surface area (Å²) in [5.74, 6) is 2.43. The number of hydrogen-bond donors (Lipinski definition) is 1. The molecule has 2 aliphatic rings. The van der Waals surface area contributed by atoms with E-state index in [9.17, 15) is 0 Å². The topological polar surface area (TPSA) is 63.2 Å². The van der Waals surface area contributed by atoms with E-state index in [1.807, 2.05) is 0 Å². The summed E-state index contributed by atoms with van der Waals surface area (Å²) in [7, 11) is 0. The molecular weight excluding hydrogens is 278 g/mol. The Morgan fingerprint density at radius 1 is 1.20 bits per heavy atom. The second-order valence-corrected chi connectivity index (χ2v) is 5.14. The lowest BCUT2D eigenvalue weighted by molar-refractivity contribution is 0.122. The Hall–Kier alpha value is -1.14. The zero-order valence-electron chi connectivity index (χ0n) is 11.8. The fourth-order valence-electron chi connectivity index (χ4n) is 2.12. The number of morpholine rings is 1. The summed E-state index contributed by atoms with van der Waals surface area (Å²) in [4.78, 5) is 15.8. The van der Waals surface area contributed by atoms with E-state index in [-0.39, 0.29) is 12.4 Å². The fraction of sp³-hybridized carbons (Fsp3) is 0.769. The molecule has 1 N–H and O–H groups in total. The summed E-state index contributed by atoms with van der Waals surface area (Å²) in [6.45, 7) is 5.36. The van der Waals surface area contributed by atoms with Crippen LogP contribution in [0, 0.1) is 0 Å². The van der Waals surface area contributed by atoms with Gasteiger partial charge in [0.15, 0.2) is 0 Å². The molecule has 1 aliphatic heterocycles. The van der Waals surface area contributed by atoms with Gasteiger partial charge in [0.25, 0.3) is 0 Å². The molecule has 0 aromatic carbocycles. The van der Waals surface area contributed by atoms with Crippen LogP contribution in [-0.4, -0.2) is 47.3 Å². The van der Waals surface area contributed by atoms with E-state index in [0.29, 0.717) is 6.04 Å². The molecule has 1 aliphatic carbocycles. The molecule has 0 atom stereocenters. The molecule has 0 bridgehead atoms. The molecule has 1 aromatic heterocycles. The highest BCUT2D eigenvalue weighted by Crippen LogP contribution is 2.24. The highest BCUT2D eigenvalue weighted by atomic mass is 35.5. The molecule has 20 heavy (non-hydrogen) atoms. The number of ether oxygens (including phenoxy) is 1. The number of nitrogens with one attached hydrogen (secondary N) is 1. The first-order chi connectivity index (χ1) is 9.35. The quantitative estimate of drug-likeness (QED) is 0.892. The Morgan fingerprint density at radius 2 is 1.95 bits per heavy atom. The summed E-state index contributed by atoms with van der Waals surface area (Å²) in [6.07, 6.45) is 4.40. The number of hydrogen-bond acceptors (Lipinski definition) is 6. The average Bonchev–Trinajstić information content (AvgIpc) is 3.24. The second kappa shape index (κ2) is 7.04. The van der Waals surface area contributed by atoms with Crippen LogP contribution in [0.1, 0.15) is 32.0 Å². The maximum Gasteiger partial charge on any atom is 0.230 e. The maximum absolute atomic E-state index is 5.38. The Morgan fingerprint density at radius 3 is 2.60 bits per heavy atom. The lowest BCUT2D eigenvalue weighted by Crippen LogP contribution is -2.37. The Bertz CT molecular complexity index is 435. The molecule has 7 heteroatoms. The van der Waals surface area contributed by atoms with Gasteiger partial charge in [-0.2, -0.15) is 15.0 Å². The van der Waals surface area contributed by atoms with Gasteiger partial charge in [-0.15, -0.1) is 12.4 Å². The SMILES string of the molecule is CCCc1nc(NC2CC2)nc(N2CCOCC2)n1.Cl. The zero-order valence-corrected chi connectivity index (χ0v) is 12.7. The van der Waals surface area contributed by atoms with Crippen molar-refractivity contribution in [2.75, 3.05) is 36.5 Å². The molecule has 3 rings (SSSR count). The normalized spacial score (nSPS) is 18.6. The van der Waals surface area contributed by atoms with Crippen molar-refractivity contribution in [2.24, 2.45) is 0 Å². The molecule has 6 nitrogen and oxygen atoms in total. The van der Waals surface area contributed by atoms with Crippen molar-refractivity contribution in [1.29, 1.82) is 0 Å². The van der Waals surface area contributed by atoms with Gasteiger partial charge in [0, 0.05) is 25.6 Å². The second-order valence-electron chi connectivity index (χ2n) is 5.14. The first-order valence-electron chi connectivity index (χ1n) is 7.19. The van der Waals surface area contributed by atoms with Crippen molar-refractivity contribution in [2.45, 2.75) is 38.6 Å². The van der Waals surface area contributed by atoms with E-state index in [0.717, 1.165) is 56.9 Å². The maximum atomic E-state index is 5.38. The number of aryl methyl sites for hydroxylation is 1. The van der Waals surface area contributed by atoms with Crippen LogP contribution in [0.3, 0.4) is 0 Å². The van der Waals surface area contributed by atoms with E-state index >= 15 is 0 Å². The molecule has 2 fully saturated rings. The van der Waals surface area contributed by atoms with E-state index in [1.165, 1.54) is 12.8 Å². The standard InChI is InChI=1S/C13H21N5O.ClH/c1-2-3-11-15-12(14-10-4-5-10)17-13(16-11)18-6-8-19-9-7-18;/h10H,2-9H2,1H3,(H,14,15,16,17);1H. The van der Waals surface area contributed by atoms with Crippen LogP contribution in [0.2, 0.25) is 0 Å². The van der Waals surface area contributed by atoms with E-state index in [2.05, 4.69) is 32.1 Å². The lowest BCUT2D eigenvalue weighted by atomic mass is 10.3. The third-order valence-corrected chi connectivity index (χ3v) is 3.35. The molecule has 1 saturated carbocycles. The van der Waals surface area contributed by atoms with Crippen LogP contribution in [0.5, 0.6) is 0 Å². The van der Waals surface area contributed by atoms with Crippen molar-refractivity contribution in [3.63, 3.8) is 0 Å². The summed E-state index contributed by atoms with van der Waals surface area (Å²) in [5, 5.41) is 3.37. The van der Waals surface area contributed by atoms with Gasteiger partial charge in [0.2, 0.25) is 11.9 Å². The zero-order chi connectivity index (χ0) is 13.1. The van der Waals surface area contributed by atoms with E-state index in [1.54, 1.807) is 0 Å². The predicted octanol–water partition coefficient (Wildman–Crippen LogP) is 1.66.